The number of hydrogen-bond acceptors (Lipinski definition) is 4. The maximum absolute atomic E-state index is 12.6. The second kappa shape index (κ2) is 8.68. The summed E-state index contributed by atoms with van der Waals surface area (Å²) in [6.45, 7) is 6.52. The molecule has 27 heavy (non-hydrogen) atoms. The number of aromatic amines is 1. The molecule has 1 aliphatic heterocycles. The lowest BCUT2D eigenvalue weighted by molar-refractivity contribution is 0.0303. The van der Waals surface area contributed by atoms with Crippen molar-refractivity contribution >= 4 is 22.6 Å². The van der Waals surface area contributed by atoms with Crippen molar-refractivity contribution in [2.24, 2.45) is 0 Å². The number of aromatic nitrogens is 2. The Labute approximate surface area is 159 Å². The number of hydrogen-bond donors (Lipinski definition) is 2. The zero-order valence-electron chi connectivity index (χ0n) is 16.1. The average molecular weight is 366 g/mol. The Morgan fingerprint density at radius 3 is 2.52 bits per heavy atom. The van der Waals surface area contributed by atoms with Gasteiger partial charge in [-0.15, -0.1) is 0 Å². The summed E-state index contributed by atoms with van der Waals surface area (Å²) in [5, 5.41) is 4.31. The molecule has 3 aromatic rings. The highest BCUT2D eigenvalue weighted by Gasteiger charge is 2.18. The van der Waals surface area contributed by atoms with Gasteiger partial charge in [-0.2, -0.15) is 0 Å². The fraction of sp³-hybridized carbons (Fsp3) is 0.333. The largest absolute Gasteiger partial charge is 0.387 e. The Bertz CT molecular complexity index is 896. The maximum Gasteiger partial charge on any atom is 0.254 e. The van der Waals surface area contributed by atoms with Crippen molar-refractivity contribution in [1.29, 1.82) is 0 Å². The third-order valence-electron chi connectivity index (χ3n) is 4.58. The molecule has 0 spiro atoms. The first-order valence-corrected chi connectivity index (χ1v) is 9.39. The van der Waals surface area contributed by atoms with E-state index >= 15 is 0 Å². The van der Waals surface area contributed by atoms with E-state index in [1.165, 1.54) is 0 Å². The molecular formula is C21H26N4O2. The van der Waals surface area contributed by atoms with E-state index in [0.29, 0.717) is 31.9 Å². The van der Waals surface area contributed by atoms with Crippen molar-refractivity contribution in [3.63, 3.8) is 0 Å². The highest BCUT2D eigenvalue weighted by Crippen LogP contribution is 2.33. The van der Waals surface area contributed by atoms with Gasteiger partial charge >= 0.3 is 0 Å². The fourth-order valence-electron chi connectivity index (χ4n) is 3.24. The number of amides is 1. The van der Waals surface area contributed by atoms with Crippen LogP contribution in [-0.2, 0) is 4.74 Å². The van der Waals surface area contributed by atoms with E-state index in [1.807, 2.05) is 68.5 Å². The summed E-state index contributed by atoms with van der Waals surface area (Å²) in [4.78, 5) is 22.0. The maximum atomic E-state index is 12.6. The summed E-state index contributed by atoms with van der Waals surface area (Å²) >= 11 is 0. The number of rotatable bonds is 3. The summed E-state index contributed by atoms with van der Waals surface area (Å²) in [5.74, 6) is 0.0582. The molecule has 142 valence electrons. The van der Waals surface area contributed by atoms with Gasteiger partial charge in [0.2, 0.25) is 0 Å². The van der Waals surface area contributed by atoms with E-state index in [9.17, 15) is 4.79 Å². The van der Waals surface area contributed by atoms with E-state index in [4.69, 9.17) is 4.74 Å². The number of carbonyl (C=O) groups excluding carboxylic acids is 1. The first-order chi connectivity index (χ1) is 13.3. The van der Waals surface area contributed by atoms with Gasteiger partial charge in [-0.1, -0.05) is 26.0 Å². The monoisotopic (exact) mass is 366 g/mol. The van der Waals surface area contributed by atoms with Crippen molar-refractivity contribution in [2.75, 3.05) is 38.7 Å². The summed E-state index contributed by atoms with van der Waals surface area (Å²) in [6.07, 6.45) is 3.73. The highest BCUT2D eigenvalue weighted by atomic mass is 16.5. The Balaban J connectivity index is 0.00000102. The number of H-pyrrole nitrogens is 1. The van der Waals surface area contributed by atoms with Gasteiger partial charge in [0.15, 0.2) is 0 Å². The van der Waals surface area contributed by atoms with Gasteiger partial charge in [0.1, 0.15) is 5.65 Å². The van der Waals surface area contributed by atoms with Crippen LogP contribution in [0.25, 0.3) is 22.2 Å². The highest BCUT2D eigenvalue weighted by molar-refractivity contribution is 5.99. The van der Waals surface area contributed by atoms with Crippen LogP contribution in [0.2, 0.25) is 0 Å². The molecule has 1 saturated heterocycles. The molecule has 4 rings (SSSR count). The second-order valence-electron chi connectivity index (χ2n) is 6.02. The van der Waals surface area contributed by atoms with Crippen LogP contribution in [-0.4, -0.2) is 54.1 Å². The molecule has 2 aromatic heterocycles. The molecule has 1 amide bonds. The predicted molar refractivity (Wildman–Crippen MR) is 109 cm³/mol. The smallest absolute Gasteiger partial charge is 0.254 e. The Morgan fingerprint density at radius 2 is 1.85 bits per heavy atom. The zero-order chi connectivity index (χ0) is 19.2. The van der Waals surface area contributed by atoms with Crippen LogP contribution in [0.4, 0.5) is 5.69 Å². The van der Waals surface area contributed by atoms with E-state index in [0.717, 1.165) is 27.8 Å². The SMILES string of the molecule is CC.CNc1c(-c2ccc(C(=O)N3CCOCC3)cc2)cnc2[nH]ccc12. The first-order valence-electron chi connectivity index (χ1n) is 9.39. The molecule has 0 atom stereocenters. The van der Waals surface area contributed by atoms with Crippen LogP contribution in [0.1, 0.15) is 24.2 Å². The van der Waals surface area contributed by atoms with E-state index in [1.54, 1.807) is 0 Å². The number of anilines is 1. The molecule has 1 fully saturated rings. The quantitative estimate of drug-likeness (QED) is 0.740. The van der Waals surface area contributed by atoms with Crippen LogP contribution in [0, 0.1) is 0 Å². The molecule has 0 radical (unpaired) electrons. The van der Waals surface area contributed by atoms with E-state index in [2.05, 4.69) is 15.3 Å². The molecule has 6 heteroatoms. The number of pyridine rings is 1. The molecule has 6 nitrogen and oxygen atoms in total. The van der Waals surface area contributed by atoms with Crippen molar-refractivity contribution in [3.8, 4) is 11.1 Å². The van der Waals surface area contributed by atoms with Crippen LogP contribution in [0.5, 0.6) is 0 Å². The zero-order valence-corrected chi connectivity index (χ0v) is 16.1. The number of morpholine rings is 1. The first kappa shape index (κ1) is 18.9. The van der Waals surface area contributed by atoms with Crippen LogP contribution < -0.4 is 5.32 Å². The van der Waals surface area contributed by atoms with Gasteiger partial charge in [0.05, 0.1) is 18.9 Å². The summed E-state index contributed by atoms with van der Waals surface area (Å²) in [7, 11) is 1.90. The van der Waals surface area contributed by atoms with Crippen molar-refractivity contribution in [2.45, 2.75) is 13.8 Å². The Kier molecular flexibility index (Phi) is 6.08. The lowest BCUT2D eigenvalue weighted by Gasteiger charge is -2.26. The predicted octanol–water partition coefficient (Wildman–Crippen LogP) is 3.77. The van der Waals surface area contributed by atoms with Crippen molar-refractivity contribution < 1.29 is 9.53 Å². The molecule has 0 bridgehead atoms. The molecule has 2 N–H and O–H groups in total. The normalized spacial score (nSPS) is 13.8. The summed E-state index contributed by atoms with van der Waals surface area (Å²) in [5.41, 5.74) is 4.62. The van der Waals surface area contributed by atoms with Crippen molar-refractivity contribution in [1.82, 2.24) is 14.9 Å². The second-order valence-corrected chi connectivity index (χ2v) is 6.02. The molecule has 0 aliphatic carbocycles. The number of nitrogens with one attached hydrogen (secondary N) is 2. The fourth-order valence-corrected chi connectivity index (χ4v) is 3.24. The van der Waals surface area contributed by atoms with Crippen LogP contribution >= 0.6 is 0 Å². The average Bonchev–Trinajstić information content (AvgIpc) is 3.23. The minimum atomic E-state index is 0.0582. The number of ether oxygens (including phenoxy) is 1. The van der Waals surface area contributed by atoms with Crippen LogP contribution in [0.3, 0.4) is 0 Å². The van der Waals surface area contributed by atoms with Gasteiger partial charge in [-0.05, 0) is 23.8 Å². The minimum absolute atomic E-state index is 0.0582. The van der Waals surface area contributed by atoms with E-state index < -0.39 is 0 Å². The molecular weight excluding hydrogens is 340 g/mol. The van der Waals surface area contributed by atoms with Gasteiger partial charge in [0.25, 0.3) is 5.91 Å². The number of nitrogens with zero attached hydrogens (tertiary/aromatic N) is 2. The molecule has 1 aromatic carbocycles. The lowest BCUT2D eigenvalue weighted by Crippen LogP contribution is -2.40. The van der Waals surface area contributed by atoms with Crippen molar-refractivity contribution in [3.05, 3.63) is 48.3 Å². The van der Waals surface area contributed by atoms with Gasteiger partial charge in [0, 0.05) is 49.0 Å². The standard InChI is InChI=1S/C19H20N4O2.C2H6/c1-20-17-15-6-7-21-18(15)22-12-16(17)13-2-4-14(5-3-13)19(24)23-8-10-25-11-9-23;1-2/h2-7,12H,8-11H2,1H3,(H2,20,21,22);1-2H3. The van der Waals surface area contributed by atoms with Crippen LogP contribution in [0.15, 0.2) is 42.7 Å². The third-order valence-corrected chi connectivity index (χ3v) is 4.58. The number of carbonyl (C=O) groups is 1. The van der Waals surface area contributed by atoms with Gasteiger partial charge in [-0.25, -0.2) is 4.98 Å². The Morgan fingerprint density at radius 1 is 1.15 bits per heavy atom. The summed E-state index contributed by atoms with van der Waals surface area (Å²) in [6, 6.07) is 9.73. The summed E-state index contributed by atoms with van der Waals surface area (Å²) < 4.78 is 5.31. The lowest BCUT2D eigenvalue weighted by atomic mass is 10.0. The van der Waals surface area contributed by atoms with E-state index in [-0.39, 0.29) is 5.91 Å². The number of benzene rings is 1. The Hall–Kier alpha value is -2.86. The molecule has 3 heterocycles. The van der Waals surface area contributed by atoms with Gasteiger partial charge < -0.3 is 19.9 Å². The third kappa shape index (κ3) is 3.80. The topological polar surface area (TPSA) is 70.2 Å². The molecule has 0 saturated carbocycles. The van der Waals surface area contributed by atoms with Gasteiger partial charge in [-0.3, -0.25) is 4.79 Å². The number of fused-ring (bicyclic) bond motifs is 1. The molecule has 1 aliphatic rings. The minimum Gasteiger partial charge on any atom is -0.387 e. The molecule has 0 unspecified atom stereocenters.